The highest BCUT2D eigenvalue weighted by Gasteiger charge is 2.63. The molecule has 0 aromatic carbocycles. The van der Waals surface area contributed by atoms with Crippen molar-refractivity contribution >= 4 is 0 Å². The van der Waals surface area contributed by atoms with Crippen LogP contribution in [0.2, 0.25) is 0 Å². The molecule has 74 heavy (non-hydrogen) atoms. The first kappa shape index (κ1) is 51.2. The summed E-state index contributed by atoms with van der Waals surface area (Å²) < 4.78 is 96.1. The third-order valence-electron chi connectivity index (χ3n) is 20.9. The highest BCUT2D eigenvalue weighted by molar-refractivity contribution is 5.11. The SMILES string of the molecule is C/C(=C\C[C@H]1C[C@@H]2O[C@@H]3C[C@@H]4O[C@@H]5C[C@@H]6O[C@@H]7CC[C@@H]8O[C@@H]9C[C@@H]%10O[C@@H]%11C[C@]%12(C)O[C@@H]%13C[C@@H]%14O[C@H](C)[C@@H](O)C[C@H]%14O[C@H]%13CC[C@H]%12O[C@H]%11C[C@H]%10O[C@@]9(C)C[C@H]8O[C@@]7(C)C[C@H]6O[C@H]5[C@@H](O)C[C@H]4O[C@H]3[C@@H](O)C[C@H]2O1)CO. The van der Waals surface area contributed by atoms with Crippen molar-refractivity contribution in [3.05, 3.63) is 11.6 Å². The average molecular weight is 1050 g/mol. The predicted molar refractivity (Wildman–Crippen MR) is 258 cm³/mol. The fourth-order valence-electron chi connectivity index (χ4n) is 16.9. The number of aliphatic hydroxyl groups excluding tert-OH is 4. The summed E-state index contributed by atoms with van der Waals surface area (Å²) >= 11 is 0. The summed E-state index contributed by atoms with van der Waals surface area (Å²) in [6.07, 6.45) is 5.67. The van der Waals surface area contributed by atoms with Gasteiger partial charge in [0.05, 0.1) is 182 Å². The van der Waals surface area contributed by atoms with Gasteiger partial charge in [0, 0.05) is 77.0 Å². The van der Waals surface area contributed by atoms with E-state index in [2.05, 4.69) is 20.8 Å². The summed E-state index contributed by atoms with van der Waals surface area (Å²) in [6, 6.07) is 0. The minimum absolute atomic E-state index is 0.0220. The summed E-state index contributed by atoms with van der Waals surface area (Å²) in [5.74, 6) is 0. The van der Waals surface area contributed by atoms with Crippen LogP contribution >= 0.6 is 0 Å². The zero-order valence-corrected chi connectivity index (χ0v) is 44.0. The van der Waals surface area contributed by atoms with Gasteiger partial charge in [-0.1, -0.05) is 11.6 Å². The fraction of sp³-hybridized carbons (Fsp3) is 0.964. The molecule has 416 valence electrons. The molecule has 31 atom stereocenters. The van der Waals surface area contributed by atoms with Crippen LogP contribution in [0, 0.1) is 0 Å². The quantitative estimate of drug-likeness (QED) is 0.298. The van der Waals surface area contributed by atoms with Crippen LogP contribution in [0.4, 0.5) is 0 Å². The highest BCUT2D eigenvalue weighted by Crippen LogP contribution is 2.53. The first-order chi connectivity index (χ1) is 35.6. The van der Waals surface area contributed by atoms with Crippen molar-refractivity contribution in [2.75, 3.05) is 6.61 Å². The highest BCUT2D eigenvalue weighted by atomic mass is 16.7. The van der Waals surface area contributed by atoms with Crippen LogP contribution in [0.25, 0.3) is 0 Å². The van der Waals surface area contributed by atoms with Crippen molar-refractivity contribution in [2.24, 2.45) is 0 Å². The molecule has 18 heteroatoms. The molecule has 14 fully saturated rings. The zero-order chi connectivity index (χ0) is 50.6. The largest absolute Gasteiger partial charge is 0.392 e. The zero-order valence-electron chi connectivity index (χ0n) is 44.0. The first-order valence-electron chi connectivity index (χ1n) is 29.1. The molecule has 0 radical (unpaired) electrons. The van der Waals surface area contributed by atoms with E-state index in [-0.39, 0.29) is 135 Å². The molecule has 14 aliphatic rings. The summed E-state index contributed by atoms with van der Waals surface area (Å²) in [4.78, 5) is 0. The first-order valence-corrected chi connectivity index (χ1v) is 29.1. The van der Waals surface area contributed by atoms with Crippen LogP contribution in [0.3, 0.4) is 0 Å². The number of ether oxygens (including phenoxy) is 14. The van der Waals surface area contributed by atoms with Crippen molar-refractivity contribution < 1.29 is 86.7 Å². The van der Waals surface area contributed by atoms with E-state index in [1.54, 1.807) is 0 Å². The molecule has 14 heterocycles. The van der Waals surface area contributed by atoms with E-state index < -0.39 is 59.5 Å². The van der Waals surface area contributed by atoms with Crippen molar-refractivity contribution in [1.29, 1.82) is 0 Å². The maximum Gasteiger partial charge on any atom is 0.110 e. The summed E-state index contributed by atoms with van der Waals surface area (Å²) in [7, 11) is 0. The Labute approximate surface area is 435 Å². The van der Waals surface area contributed by atoms with Gasteiger partial charge in [-0.05, 0) is 66.7 Å². The second kappa shape index (κ2) is 19.3. The second-order valence-electron chi connectivity index (χ2n) is 26.2. The third kappa shape index (κ3) is 9.06. The Morgan fingerprint density at radius 3 is 1.49 bits per heavy atom. The maximum atomic E-state index is 11.9. The van der Waals surface area contributed by atoms with E-state index in [4.69, 9.17) is 66.3 Å². The fourth-order valence-corrected chi connectivity index (χ4v) is 16.9. The number of hydrogen-bond acceptors (Lipinski definition) is 18. The van der Waals surface area contributed by atoms with Gasteiger partial charge in [-0.15, -0.1) is 0 Å². The molecule has 0 aliphatic carbocycles. The third-order valence-corrected chi connectivity index (χ3v) is 20.9. The Morgan fingerprint density at radius 2 is 0.824 bits per heavy atom. The molecule has 4 N–H and O–H groups in total. The normalized spacial score (nSPS) is 59.8. The van der Waals surface area contributed by atoms with Crippen molar-refractivity contribution in [3.63, 3.8) is 0 Å². The molecule has 0 saturated carbocycles. The summed E-state index contributed by atoms with van der Waals surface area (Å²) in [6.45, 7) is 10.4. The maximum absolute atomic E-state index is 11.9. The monoisotopic (exact) mass is 1040 g/mol. The van der Waals surface area contributed by atoms with Gasteiger partial charge in [0.2, 0.25) is 0 Å². The molecular formula is C56H84O18. The smallest absolute Gasteiger partial charge is 0.110 e. The lowest BCUT2D eigenvalue weighted by Gasteiger charge is -2.58. The topological polar surface area (TPSA) is 210 Å². The minimum atomic E-state index is -0.835. The summed E-state index contributed by atoms with van der Waals surface area (Å²) in [5, 5.41) is 43.4. The number of aliphatic hydroxyl groups is 4. The van der Waals surface area contributed by atoms with Crippen molar-refractivity contribution in [3.8, 4) is 0 Å². The molecule has 0 aromatic heterocycles. The average Bonchev–Trinajstić information content (AvgIpc) is 3.42. The van der Waals surface area contributed by atoms with E-state index in [1.807, 2.05) is 19.9 Å². The van der Waals surface area contributed by atoms with Gasteiger partial charge in [-0.3, -0.25) is 0 Å². The molecule has 14 aliphatic heterocycles. The van der Waals surface area contributed by atoms with Crippen LogP contribution in [0.1, 0.15) is 144 Å². The van der Waals surface area contributed by atoms with E-state index in [1.165, 1.54) is 0 Å². The molecule has 0 amide bonds. The van der Waals surface area contributed by atoms with Crippen LogP contribution in [-0.2, 0) is 66.3 Å². The van der Waals surface area contributed by atoms with Gasteiger partial charge in [0.25, 0.3) is 0 Å². The minimum Gasteiger partial charge on any atom is -0.392 e. The molecular weight excluding hydrogens is 961 g/mol. The van der Waals surface area contributed by atoms with Gasteiger partial charge >= 0.3 is 0 Å². The van der Waals surface area contributed by atoms with Crippen LogP contribution in [-0.4, -0.2) is 215 Å². The van der Waals surface area contributed by atoms with Gasteiger partial charge < -0.3 is 86.7 Å². The van der Waals surface area contributed by atoms with Gasteiger partial charge in [0.15, 0.2) is 0 Å². The summed E-state index contributed by atoms with van der Waals surface area (Å²) in [5.41, 5.74) is -0.864. The number of hydrogen-bond donors (Lipinski definition) is 4. The molecule has 0 spiro atoms. The Hall–Kier alpha value is -0.980. The van der Waals surface area contributed by atoms with Crippen molar-refractivity contribution in [1.82, 2.24) is 0 Å². The Kier molecular flexibility index (Phi) is 13.4. The van der Waals surface area contributed by atoms with Crippen LogP contribution < -0.4 is 0 Å². The van der Waals surface area contributed by atoms with E-state index in [9.17, 15) is 20.4 Å². The van der Waals surface area contributed by atoms with Gasteiger partial charge in [0.1, 0.15) is 12.2 Å². The van der Waals surface area contributed by atoms with E-state index in [0.29, 0.717) is 57.8 Å². The Balaban J connectivity index is 0.610. The van der Waals surface area contributed by atoms with Crippen LogP contribution in [0.5, 0.6) is 0 Å². The lowest BCUT2D eigenvalue weighted by molar-refractivity contribution is -0.347. The number of fused-ring (bicyclic) bond motifs is 13. The van der Waals surface area contributed by atoms with Crippen LogP contribution in [0.15, 0.2) is 11.6 Å². The predicted octanol–water partition coefficient (Wildman–Crippen LogP) is 3.57. The number of rotatable bonds is 3. The van der Waals surface area contributed by atoms with Crippen molar-refractivity contribution in [2.45, 2.75) is 331 Å². The molecule has 14 saturated heterocycles. The Morgan fingerprint density at radius 1 is 0.405 bits per heavy atom. The Bertz CT molecular complexity index is 2080. The van der Waals surface area contributed by atoms with Gasteiger partial charge in [-0.2, -0.15) is 0 Å². The van der Waals surface area contributed by atoms with Gasteiger partial charge in [-0.25, -0.2) is 0 Å². The molecule has 18 nitrogen and oxygen atoms in total. The molecule has 0 unspecified atom stereocenters. The molecule has 14 rings (SSSR count). The van der Waals surface area contributed by atoms with E-state index >= 15 is 0 Å². The molecule has 0 aromatic rings. The molecule has 0 bridgehead atoms. The second-order valence-corrected chi connectivity index (χ2v) is 26.2. The standard InChI is InChI=1S/C56H84O18/c1-25(24-57)6-7-27-12-33-34(62-27)14-29(59)52-44(64-33)18-38-36(70-52)15-30(60)53-45(65-38)19-40-47(71-53)22-55(4)50(69-40)11-9-32-48(74-55)23-56(5)51(67-32)20-41-43(73-56)17-39-46(66-41)21-54(3)49(68-39)10-8-31-42(72-54)16-37-35(63-31)13-28(58)26(2)61-37/h6,26-53,57-60H,7-24H2,1-5H3/b25-6+/t26-,27+,28+,29+,30+,31+,32+,33+,34-,35-,36-,37+,38+,39+,40+,41+,42-,43-,44-,45-,46-,47-,48-,49-,50-,51-,52+,53+,54+,55+,56+/m1/s1. The lowest BCUT2D eigenvalue weighted by atomic mass is 9.76. The van der Waals surface area contributed by atoms with E-state index in [0.717, 1.165) is 56.9 Å². The lowest BCUT2D eigenvalue weighted by Crippen LogP contribution is -2.68.